The van der Waals surface area contributed by atoms with Gasteiger partial charge in [0.2, 0.25) is 0 Å². The number of piperidine rings is 1. The highest BCUT2D eigenvalue weighted by Crippen LogP contribution is 2.58. The molecule has 1 amide bonds. The highest BCUT2D eigenvalue weighted by molar-refractivity contribution is 5.68. The third-order valence-electron chi connectivity index (χ3n) is 8.14. The SMILES string of the molecule is CC(C)(C)OC(=O)N1CCCC2(CCNC2C2CCCC23CCCCC3)C1. The first-order valence-electron chi connectivity index (χ1n) is 11.6. The molecule has 4 rings (SSSR count). The third-order valence-corrected chi connectivity index (χ3v) is 8.14. The third kappa shape index (κ3) is 3.75. The number of carbonyl (C=O) groups is 1. The number of amides is 1. The summed E-state index contributed by atoms with van der Waals surface area (Å²) in [5, 5.41) is 3.96. The molecule has 0 aromatic rings. The molecule has 0 aromatic heterocycles. The fourth-order valence-corrected chi connectivity index (χ4v) is 7.08. The monoisotopic (exact) mass is 376 g/mol. The summed E-state index contributed by atoms with van der Waals surface area (Å²) in [6.45, 7) is 8.78. The molecular weight excluding hydrogens is 336 g/mol. The molecule has 154 valence electrons. The maximum atomic E-state index is 12.8. The van der Waals surface area contributed by atoms with Gasteiger partial charge in [-0.25, -0.2) is 4.79 Å². The minimum Gasteiger partial charge on any atom is -0.444 e. The van der Waals surface area contributed by atoms with Crippen LogP contribution < -0.4 is 5.32 Å². The maximum absolute atomic E-state index is 12.8. The Morgan fingerprint density at radius 1 is 0.963 bits per heavy atom. The van der Waals surface area contributed by atoms with E-state index < -0.39 is 5.60 Å². The van der Waals surface area contributed by atoms with Gasteiger partial charge in [0.15, 0.2) is 0 Å². The molecule has 4 fully saturated rings. The molecule has 0 bridgehead atoms. The van der Waals surface area contributed by atoms with Gasteiger partial charge in [-0.3, -0.25) is 0 Å². The summed E-state index contributed by atoms with van der Waals surface area (Å²) in [6, 6.07) is 0.600. The van der Waals surface area contributed by atoms with Crippen molar-refractivity contribution >= 4 is 6.09 Å². The summed E-state index contributed by atoms with van der Waals surface area (Å²) in [7, 11) is 0. The summed E-state index contributed by atoms with van der Waals surface area (Å²) in [5.74, 6) is 0.818. The van der Waals surface area contributed by atoms with E-state index in [1.165, 1.54) is 64.2 Å². The summed E-state index contributed by atoms with van der Waals surface area (Å²) in [5.41, 5.74) is 0.461. The zero-order valence-electron chi connectivity index (χ0n) is 17.8. The first kappa shape index (κ1) is 19.5. The van der Waals surface area contributed by atoms with E-state index in [9.17, 15) is 4.79 Å². The van der Waals surface area contributed by atoms with Crippen molar-refractivity contribution in [3.05, 3.63) is 0 Å². The van der Waals surface area contributed by atoms with Crippen LogP contribution in [-0.4, -0.2) is 42.3 Å². The summed E-state index contributed by atoms with van der Waals surface area (Å²) in [4.78, 5) is 14.8. The van der Waals surface area contributed by atoms with E-state index in [0.717, 1.165) is 32.0 Å². The van der Waals surface area contributed by atoms with Crippen LogP contribution in [0.3, 0.4) is 0 Å². The number of hydrogen-bond donors (Lipinski definition) is 1. The Morgan fingerprint density at radius 3 is 2.41 bits per heavy atom. The molecule has 2 saturated carbocycles. The Labute approximate surface area is 165 Å². The Hall–Kier alpha value is -0.770. The van der Waals surface area contributed by atoms with Crippen LogP contribution in [0.2, 0.25) is 0 Å². The first-order valence-corrected chi connectivity index (χ1v) is 11.6. The van der Waals surface area contributed by atoms with E-state index in [2.05, 4.69) is 5.32 Å². The van der Waals surface area contributed by atoms with Crippen molar-refractivity contribution in [3.63, 3.8) is 0 Å². The van der Waals surface area contributed by atoms with Gasteiger partial charge in [-0.15, -0.1) is 0 Å². The molecule has 2 aliphatic heterocycles. The van der Waals surface area contributed by atoms with Crippen molar-refractivity contribution in [2.24, 2.45) is 16.7 Å². The van der Waals surface area contributed by atoms with Crippen LogP contribution in [0, 0.1) is 16.7 Å². The lowest BCUT2D eigenvalue weighted by atomic mass is 9.59. The zero-order chi connectivity index (χ0) is 19.1. The summed E-state index contributed by atoms with van der Waals surface area (Å²) < 4.78 is 5.72. The molecule has 2 spiro atoms. The average Bonchev–Trinajstić information content (AvgIpc) is 3.18. The molecule has 3 unspecified atom stereocenters. The fraction of sp³-hybridized carbons (Fsp3) is 0.957. The second-order valence-corrected chi connectivity index (χ2v) is 11.0. The van der Waals surface area contributed by atoms with Gasteiger partial charge in [0.1, 0.15) is 5.60 Å². The zero-order valence-corrected chi connectivity index (χ0v) is 17.8. The van der Waals surface area contributed by atoms with Gasteiger partial charge in [0, 0.05) is 24.5 Å². The van der Waals surface area contributed by atoms with Crippen molar-refractivity contribution in [1.29, 1.82) is 0 Å². The van der Waals surface area contributed by atoms with E-state index in [-0.39, 0.29) is 11.5 Å². The quantitative estimate of drug-likeness (QED) is 0.691. The number of carbonyl (C=O) groups excluding carboxylic acids is 1. The normalized spacial score (nSPS) is 36.5. The number of rotatable bonds is 1. The highest BCUT2D eigenvalue weighted by Gasteiger charge is 2.55. The molecule has 27 heavy (non-hydrogen) atoms. The van der Waals surface area contributed by atoms with Crippen molar-refractivity contribution in [2.45, 2.75) is 103 Å². The Kier molecular flexibility index (Phi) is 5.24. The molecule has 4 aliphatic rings. The molecule has 1 N–H and O–H groups in total. The number of ether oxygens (including phenoxy) is 1. The Morgan fingerprint density at radius 2 is 1.67 bits per heavy atom. The van der Waals surface area contributed by atoms with Crippen molar-refractivity contribution in [1.82, 2.24) is 10.2 Å². The molecule has 0 aromatic carbocycles. The van der Waals surface area contributed by atoms with E-state index in [4.69, 9.17) is 4.74 Å². The predicted octanol–water partition coefficient (Wildman–Crippen LogP) is 5.12. The minimum absolute atomic E-state index is 0.106. The molecule has 2 aliphatic carbocycles. The Balaban J connectivity index is 1.52. The van der Waals surface area contributed by atoms with Crippen LogP contribution in [0.1, 0.15) is 91.4 Å². The van der Waals surface area contributed by atoms with Gasteiger partial charge in [-0.1, -0.05) is 25.7 Å². The van der Waals surface area contributed by atoms with Gasteiger partial charge in [-0.05, 0) is 83.6 Å². The molecule has 2 heterocycles. The lowest BCUT2D eigenvalue weighted by molar-refractivity contribution is -0.0128. The van der Waals surface area contributed by atoms with Crippen LogP contribution in [0.5, 0.6) is 0 Å². The standard InChI is InChI=1S/C23H40N2O2/c1-21(2,3)27-20(26)25-16-8-13-23(17-25)14-15-24-19(23)18-9-7-12-22(18)10-5-4-6-11-22/h18-19,24H,4-17H2,1-3H3. The molecular formula is C23H40N2O2. The van der Waals surface area contributed by atoms with Crippen LogP contribution in [0.15, 0.2) is 0 Å². The van der Waals surface area contributed by atoms with Gasteiger partial charge < -0.3 is 15.0 Å². The fourth-order valence-electron chi connectivity index (χ4n) is 7.08. The van der Waals surface area contributed by atoms with Crippen molar-refractivity contribution in [3.8, 4) is 0 Å². The second kappa shape index (κ2) is 7.24. The lowest BCUT2D eigenvalue weighted by Gasteiger charge is -2.50. The van der Waals surface area contributed by atoms with Crippen molar-refractivity contribution < 1.29 is 9.53 Å². The van der Waals surface area contributed by atoms with E-state index in [1.807, 2.05) is 25.7 Å². The lowest BCUT2D eigenvalue weighted by Crippen LogP contribution is -2.56. The first-order chi connectivity index (χ1) is 12.8. The topological polar surface area (TPSA) is 41.6 Å². The molecule has 4 heteroatoms. The predicted molar refractivity (Wildman–Crippen MR) is 109 cm³/mol. The van der Waals surface area contributed by atoms with Gasteiger partial charge in [0.25, 0.3) is 0 Å². The Bertz CT molecular complexity index is 549. The minimum atomic E-state index is -0.410. The summed E-state index contributed by atoms with van der Waals surface area (Å²) >= 11 is 0. The number of nitrogens with one attached hydrogen (secondary N) is 1. The van der Waals surface area contributed by atoms with Crippen LogP contribution in [0.4, 0.5) is 4.79 Å². The van der Waals surface area contributed by atoms with E-state index in [0.29, 0.717) is 11.5 Å². The number of nitrogens with zero attached hydrogens (tertiary/aromatic N) is 1. The molecule has 4 nitrogen and oxygen atoms in total. The summed E-state index contributed by atoms with van der Waals surface area (Å²) in [6.07, 6.45) is 15.0. The average molecular weight is 377 g/mol. The van der Waals surface area contributed by atoms with Crippen LogP contribution in [0.25, 0.3) is 0 Å². The maximum Gasteiger partial charge on any atom is 0.410 e. The number of likely N-dealkylation sites (tertiary alicyclic amines) is 1. The highest BCUT2D eigenvalue weighted by atomic mass is 16.6. The van der Waals surface area contributed by atoms with Crippen LogP contribution in [-0.2, 0) is 4.74 Å². The van der Waals surface area contributed by atoms with E-state index >= 15 is 0 Å². The van der Waals surface area contributed by atoms with E-state index in [1.54, 1.807) is 0 Å². The number of hydrogen-bond acceptors (Lipinski definition) is 3. The molecule has 0 radical (unpaired) electrons. The molecule has 3 atom stereocenters. The van der Waals surface area contributed by atoms with Gasteiger partial charge >= 0.3 is 6.09 Å². The van der Waals surface area contributed by atoms with Gasteiger partial charge in [-0.2, -0.15) is 0 Å². The van der Waals surface area contributed by atoms with Crippen LogP contribution >= 0.6 is 0 Å². The van der Waals surface area contributed by atoms with Crippen molar-refractivity contribution in [2.75, 3.05) is 19.6 Å². The second-order valence-electron chi connectivity index (χ2n) is 11.0. The largest absolute Gasteiger partial charge is 0.444 e. The van der Waals surface area contributed by atoms with Gasteiger partial charge in [0.05, 0.1) is 0 Å². The molecule has 2 saturated heterocycles. The smallest absolute Gasteiger partial charge is 0.410 e.